The van der Waals surface area contributed by atoms with Crippen LogP contribution in [0, 0.1) is 5.82 Å². The highest BCUT2D eigenvalue weighted by atomic mass is 19.1. The van der Waals surface area contributed by atoms with Crippen LogP contribution in [0.3, 0.4) is 0 Å². The van der Waals surface area contributed by atoms with Gasteiger partial charge in [0.15, 0.2) is 0 Å². The first-order valence-electron chi connectivity index (χ1n) is 5.84. The highest BCUT2D eigenvalue weighted by Gasteiger charge is 2.21. The third-order valence-electron chi connectivity index (χ3n) is 2.68. The minimum Gasteiger partial charge on any atom is -0.508 e. The summed E-state index contributed by atoms with van der Waals surface area (Å²) in [6.07, 6.45) is 0. The molecule has 0 saturated heterocycles. The van der Waals surface area contributed by atoms with E-state index in [1.165, 1.54) is 21.9 Å². The van der Waals surface area contributed by atoms with E-state index in [0.717, 1.165) is 6.07 Å². The van der Waals surface area contributed by atoms with Crippen molar-refractivity contribution in [2.45, 2.75) is 6.92 Å². The van der Waals surface area contributed by atoms with Gasteiger partial charge >= 0.3 is 0 Å². The Bertz CT molecular complexity index is 489. The lowest BCUT2D eigenvalue weighted by Crippen LogP contribution is -2.40. The molecular formula is C13H17FN2O3. The van der Waals surface area contributed by atoms with E-state index in [2.05, 4.69) is 0 Å². The number of nitrogens with zero attached hydrogens (tertiary/aromatic N) is 2. The van der Waals surface area contributed by atoms with Crippen LogP contribution < -0.4 is 0 Å². The van der Waals surface area contributed by atoms with Gasteiger partial charge in [0.25, 0.3) is 5.91 Å². The molecule has 0 radical (unpaired) electrons. The Morgan fingerprint density at radius 1 is 1.32 bits per heavy atom. The first kappa shape index (κ1) is 14.9. The number of hydrogen-bond donors (Lipinski definition) is 1. The lowest BCUT2D eigenvalue weighted by atomic mass is 10.1. The molecule has 0 aliphatic heterocycles. The summed E-state index contributed by atoms with van der Waals surface area (Å²) >= 11 is 0. The Hall–Kier alpha value is -2.11. The zero-order valence-corrected chi connectivity index (χ0v) is 11.2. The summed E-state index contributed by atoms with van der Waals surface area (Å²) in [6, 6.07) is 3.31. The zero-order valence-electron chi connectivity index (χ0n) is 11.2. The first-order valence-corrected chi connectivity index (χ1v) is 5.84. The number of hydrogen-bond acceptors (Lipinski definition) is 3. The van der Waals surface area contributed by atoms with Gasteiger partial charge in [-0.25, -0.2) is 4.39 Å². The summed E-state index contributed by atoms with van der Waals surface area (Å²) in [6.45, 7) is 1.89. The molecule has 0 aliphatic rings. The average molecular weight is 268 g/mol. The van der Waals surface area contributed by atoms with Crippen molar-refractivity contribution in [1.29, 1.82) is 0 Å². The molecular weight excluding hydrogens is 251 g/mol. The molecule has 1 aromatic carbocycles. The minimum atomic E-state index is -0.805. The van der Waals surface area contributed by atoms with Crippen molar-refractivity contribution in [1.82, 2.24) is 9.80 Å². The lowest BCUT2D eigenvalue weighted by molar-refractivity contribution is -0.129. The van der Waals surface area contributed by atoms with Crippen LogP contribution in [-0.4, -0.2) is 53.9 Å². The molecule has 0 aliphatic carbocycles. The average Bonchev–Trinajstić information content (AvgIpc) is 2.34. The van der Waals surface area contributed by atoms with E-state index in [0.29, 0.717) is 6.54 Å². The topological polar surface area (TPSA) is 60.9 Å². The highest BCUT2D eigenvalue weighted by molar-refractivity contribution is 5.96. The van der Waals surface area contributed by atoms with Gasteiger partial charge in [-0.1, -0.05) is 0 Å². The van der Waals surface area contributed by atoms with Crippen molar-refractivity contribution < 1.29 is 19.1 Å². The molecule has 104 valence electrons. The lowest BCUT2D eigenvalue weighted by Gasteiger charge is -2.22. The first-order chi connectivity index (χ1) is 8.86. The molecule has 0 heterocycles. The standard InChI is InChI=1S/C13H17FN2O3/c1-4-16(8-12(18)15(2)3)13(19)10-6-5-9(17)7-11(10)14/h5-7,17H,4,8H2,1-3H3. The number of amides is 2. The highest BCUT2D eigenvalue weighted by Crippen LogP contribution is 2.16. The molecule has 5 nitrogen and oxygen atoms in total. The normalized spacial score (nSPS) is 10.1. The van der Waals surface area contributed by atoms with Crippen LogP contribution in [0.5, 0.6) is 5.75 Å². The Kier molecular flexibility index (Phi) is 4.86. The second kappa shape index (κ2) is 6.17. The SMILES string of the molecule is CCN(CC(=O)N(C)C)C(=O)c1ccc(O)cc1F. The van der Waals surface area contributed by atoms with Crippen molar-refractivity contribution in [3.8, 4) is 5.75 Å². The number of phenolic OH excluding ortho intramolecular Hbond substituents is 1. The molecule has 0 unspecified atom stereocenters. The van der Waals surface area contributed by atoms with Crippen molar-refractivity contribution in [2.75, 3.05) is 27.2 Å². The van der Waals surface area contributed by atoms with Crippen LogP contribution in [-0.2, 0) is 4.79 Å². The van der Waals surface area contributed by atoms with Crippen LogP contribution in [0.1, 0.15) is 17.3 Å². The predicted octanol–water partition coefficient (Wildman–Crippen LogP) is 1.08. The number of benzene rings is 1. The summed E-state index contributed by atoms with van der Waals surface area (Å²) in [5.41, 5.74) is -0.161. The quantitative estimate of drug-likeness (QED) is 0.889. The number of phenols is 1. The Balaban J connectivity index is 2.92. The van der Waals surface area contributed by atoms with Gasteiger partial charge in [0, 0.05) is 26.7 Å². The predicted molar refractivity (Wildman–Crippen MR) is 68.3 cm³/mol. The molecule has 0 aromatic heterocycles. The molecule has 0 saturated carbocycles. The van der Waals surface area contributed by atoms with Crippen molar-refractivity contribution in [3.63, 3.8) is 0 Å². The smallest absolute Gasteiger partial charge is 0.257 e. The second-order valence-corrected chi connectivity index (χ2v) is 4.27. The fraction of sp³-hybridized carbons (Fsp3) is 0.385. The van der Waals surface area contributed by atoms with Gasteiger partial charge in [0.2, 0.25) is 5.91 Å². The van der Waals surface area contributed by atoms with E-state index in [1.54, 1.807) is 21.0 Å². The Morgan fingerprint density at radius 3 is 2.42 bits per heavy atom. The fourth-order valence-electron chi connectivity index (χ4n) is 1.48. The van der Waals surface area contributed by atoms with Gasteiger partial charge in [0.05, 0.1) is 12.1 Å². The maximum atomic E-state index is 13.6. The Labute approximate surface area is 111 Å². The van der Waals surface area contributed by atoms with Crippen LogP contribution in [0.15, 0.2) is 18.2 Å². The molecule has 0 bridgehead atoms. The van der Waals surface area contributed by atoms with Gasteiger partial charge in [-0.3, -0.25) is 9.59 Å². The van der Waals surface area contributed by atoms with E-state index in [4.69, 9.17) is 5.11 Å². The van der Waals surface area contributed by atoms with Gasteiger partial charge in [0.1, 0.15) is 11.6 Å². The van der Waals surface area contributed by atoms with Crippen molar-refractivity contribution in [2.24, 2.45) is 0 Å². The number of likely N-dealkylation sites (N-methyl/N-ethyl adjacent to an activating group) is 2. The molecule has 0 spiro atoms. The number of carbonyl (C=O) groups is 2. The van der Waals surface area contributed by atoms with Gasteiger partial charge in [-0.2, -0.15) is 0 Å². The molecule has 2 amide bonds. The van der Waals surface area contributed by atoms with E-state index in [9.17, 15) is 14.0 Å². The Morgan fingerprint density at radius 2 is 1.95 bits per heavy atom. The van der Waals surface area contributed by atoms with Crippen LogP contribution in [0.25, 0.3) is 0 Å². The van der Waals surface area contributed by atoms with E-state index in [1.807, 2.05) is 0 Å². The fourth-order valence-corrected chi connectivity index (χ4v) is 1.48. The number of rotatable bonds is 4. The van der Waals surface area contributed by atoms with E-state index in [-0.39, 0.29) is 23.8 Å². The number of halogens is 1. The summed E-state index contributed by atoms with van der Waals surface area (Å²) in [5.74, 6) is -1.87. The molecule has 1 aromatic rings. The molecule has 0 fully saturated rings. The van der Waals surface area contributed by atoms with Crippen molar-refractivity contribution >= 4 is 11.8 Å². The van der Waals surface area contributed by atoms with Gasteiger partial charge in [-0.15, -0.1) is 0 Å². The molecule has 6 heteroatoms. The van der Waals surface area contributed by atoms with Gasteiger partial charge < -0.3 is 14.9 Å². The van der Waals surface area contributed by atoms with E-state index < -0.39 is 11.7 Å². The largest absolute Gasteiger partial charge is 0.508 e. The third-order valence-corrected chi connectivity index (χ3v) is 2.68. The second-order valence-electron chi connectivity index (χ2n) is 4.27. The number of aromatic hydroxyl groups is 1. The van der Waals surface area contributed by atoms with Gasteiger partial charge in [-0.05, 0) is 19.1 Å². The van der Waals surface area contributed by atoms with Crippen molar-refractivity contribution in [3.05, 3.63) is 29.6 Å². The summed E-state index contributed by atoms with van der Waals surface area (Å²) < 4.78 is 13.6. The van der Waals surface area contributed by atoms with E-state index >= 15 is 0 Å². The maximum Gasteiger partial charge on any atom is 0.257 e. The summed E-state index contributed by atoms with van der Waals surface area (Å²) in [5, 5.41) is 9.11. The maximum absolute atomic E-state index is 13.6. The number of carbonyl (C=O) groups excluding carboxylic acids is 2. The summed E-state index contributed by atoms with van der Waals surface area (Å²) in [7, 11) is 3.17. The van der Waals surface area contributed by atoms with Crippen LogP contribution in [0.2, 0.25) is 0 Å². The molecule has 1 N–H and O–H groups in total. The molecule has 1 rings (SSSR count). The minimum absolute atomic E-state index is 0.108. The third kappa shape index (κ3) is 3.67. The van der Waals surface area contributed by atoms with Crippen LogP contribution in [0.4, 0.5) is 4.39 Å². The monoisotopic (exact) mass is 268 g/mol. The molecule has 0 atom stereocenters. The molecule has 19 heavy (non-hydrogen) atoms. The summed E-state index contributed by atoms with van der Waals surface area (Å²) in [4.78, 5) is 26.3. The zero-order chi connectivity index (χ0) is 14.6. The van der Waals surface area contributed by atoms with Crippen LogP contribution >= 0.6 is 0 Å².